The normalized spacial score (nSPS) is 15.8. The standard InChI is InChI=1S/C34H42N4O5/c1-21-22(2)32-27(23(3)31(21)40)16-18-34(4,43-32)17-6-7-19-42-28-14-13-26(20-29(28)41-5)37-30(39)15-10-24-8-11-25(12-9-24)38-33(35)36/h8-15,20,40H,6-7,16-19H2,1-5H3,(H,37,39)(H4,35,36,38). The summed E-state index contributed by atoms with van der Waals surface area (Å²) >= 11 is 0. The average Bonchev–Trinajstić information content (AvgIpc) is 2.98. The zero-order chi connectivity index (χ0) is 31.1. The molecule has 1 amide bonds. The molecule has 0 fully saturated rings. The summed E-state index contributed by atoms with van der Waals surface area (Å²) in [5.41, 5.74) is 16.6. The number of carbonyl (C=O) groups is 1. The fraction of sp³-hybridized carbons (Fsp3) is 0.353. The number of anilines is 1. The molecule has 3 aromatic rings. The lowest BCUT2D eigenvalue weighted by atomic mass is 9.85. The number of methoxy groups -OCH3 is 1. The van der Waals surface area contributed by atoms with Gasteiger partial charge >= 0.3 is 0 Å². The van der Waals surface area contributed by atoms with Crippen molar-refractivity contribution in [2.75, 3.05) is 19.0 Å². The number of hydrogen-bond acceptors (Lipinski definition) is 6. The molecule has 0 bridgehead atoms. The van der Waals surface area contributed by atoms with Crippen molar-refractivity contribution in [3.63, 3.8) is 0 Å². The van der Waals surface area contributed by atoms with Gasteiger partial charge in [-0.25, -0.2) is 4.99 Å². The molecule has 1 heterocycles. The smallest absolute Gasteiger partial charge is 0.248 e. The number of carbonyl (C=O) groups excluding carboxylic acids is 1. The Bertz CT molecular complexity index is 1530. The second kappa shape index (κ2) is 13.5. The van der Waals surface area contributed by atoms with Crippen LogP contribution in [0, 0.1) is 20.8 Å². The summed E-state index contributed by atoms with van der Waals surface area (Å²) in [6, 6.07) is 12.5. The summed E-state index contributed by atoms with van der Waals surface area (Å²) in [7, 11) is 1.57. The molecular weight excluding hydrogens is 544 g/mol. The van der Waals surface area contributed by atoms with Crippen molar-refractivity contribution in [1.82, 2.24) is 0 Å². The molecule has 3 aromatic carbocycles. The van der Waals surface area contributed by atoms with Crippen molar-refractivity contribution < 1.29 is 24.1 Å². The van der Waals surface area contributed by atoms with E-state index in [0.717, 1.165) is 65.7 Å². The third kappa shape index (κ3) is 7.80. The summed E-state index contributed by atoms with van der Waals surface area (Å²) < 4.78 is 18.1. The summed E-state index contributed by atoms with van der Waals surface area (Å²) in [6.07, 6.45) is 7.67. The first-order valence-electron chi connectivity index (χ1n) is 14.5. The predicted octanol–water partition coefficient (Wildman–Crippen LogP) is 6.22. The summed E-state index contributed by atoms with van der Waals surface area (Å²) in [4.78, 5) is 16.4. The van der Waals surface area contributed by atoms with Crippen LogP contribution in [-0.2, 0) is 11.2 Å². The van der Waals surface area contributed by atoms with E-state index in [1.54, 1.807) is 43.5 Å². The van der Waals surface area contributed by atoms with Gasteiger partial charge in [-0.05, 0) is 112 Å². The Morgan fingerprint density at radius 1 is 1.07 bits per heavy atom. The van der Waals surface area contributed by atoms with E-state index >= 15 is 0 Å². The van der Waals surface area contributed by atoms with Gasteiger partial charge in [-0.15, -0.1) is 0 Å². The van der Waals surface area contributed by atoms with Crippen molar-refractivity contribution in [2.24, 2.45) is 16.5 Å². The number of aromatic hydroxyl groups is 1. The van der Waals surface area contributed by atoms with Gasteiger partial charge in [0.05, 0.1) is 19.4 Å². The van der Waals surface area contributed by atoms with Gasteiger partial charge in [0.2, 0.25) is 5.91 Å². The van der Waals surface area contributed by atoms with Gasteiger partial charge in [0.1, 0.15) is 17.1 Å². The largest absolute Gasteiger partial charge is 0.507 e. The number of aliphatic imine (C=N–C) groups is 1. The highest BCUT2D eigenvalue weighted by atomic mass is 16.5. The molecule has 43 heavy (non-hydrogen) atoms. The molecule has 1 atom stereocenters. The third-order valence-electron chi connectivity index (χ3n) is 7.96. The fourth-order valence-corrected chi connectivity index (χ4v) is 5.28. The number of benzene rings is 3. The van der Waals surface area contributed by atoms with Crippen molar-refractivity contribution in [3.8, 4) is 23.0 Å². The van der Waals surface area contributed by atoms with Crippen LogP contribution in [0.1, 0.15) is 60.4 Å². The Labute approximate surface area is 253 Å². The summed E-state index contributed by atoms with van der Waals surface area (Å²) in [5, 5.41) is 13.3. The minimum absolute atomic E-state index is 0.00993. The number of ether oxygens (including phenoxy) is 3. The molecule has 0 aliphatic carbocycles. The van der Waals surface area contributed by atoms with Gasteiger partial charge < -0.3 is 36.1 Å². The molecule has 9 nitrogen and oxygen atoms in total. The van der Waals surface area contributed by atoms with Crippen molar-refractivity contribution in [1.29, 1.82) is 0 Å². The Morgan fingerprint density at radius 3 is 2.51 bits per heavy atom. The Morgan fingerprint density at radius 2 is 1.81 bits per heavy atom. The van der Waals surface area contributed by atoms with Crippen LogP contribution in [0.5, 0.6) is 23.0 Å². The monoisotopic (exact) mass is 586 g/mol. The number of nitrogens with one attached hydrogen (secondary N) is 1. The van der Waals surface area contributed by atoms with E-state index in [2.05, 4.69) is 17.2 Å². The quantitative estimate of drug-likeness (QED) is 0.0905. The number of unbranched alkanes of at least 4 members (excludes halogenated alkanes) is 1. The van der Waals surface area contributed by atoms with Gasteiger partial charge in [-0.2, -0.15) is 0 Å². The Balaban J connectivity index is 1.26. The van der Waals surface area contributed by atoms with E-state index in [9.17, 15) is 9.90 Å². The molecule has 1 unspecified atom stereocenters. The predicted molar refractivity (Wildman–Crippen MR) is 172 cm³/mol. The zero-order valence-electron chi connectivity index (χ0n) is 25.6. The number of guanidine groups is 1. The van der Waals surface area contributed by atoms with E-state index in [1.165, 1.54) is 6.08 Å². The number of phenolic OH excluding ortho intramolecular Hbond substituents is 1. The number of hydrogen-bond donors (Lipinski definition) is 4. The van der Waals surface area contributed by atoms with Crippen LogP contribution in [-0.4, -0.2) is 36.3 Å². The maximum Gasteiger partial charge on any atom is 0.248 e. The minimum atomic E-state index is -0.276. The lowest BCUT2D eigenvalue weighted by Gasteiger charge is -2.38. The molecule has 0 radical (unpaired) electrons. The summed E-state index contributed by atoms with van der Waals surface area (Å²) in [5.74, 6) is 2.19. The number of fused-ring (bicyclic) bond motifs is 1. The number of nitrogens with zero attached hydrogens (tertiary/aromatic N) is 1. The molecule has 0 aromatic heterocycles. The van der Waals surface area contributed by atoms with Crippen molar-refractivity contribution in [3.05, 3.63) is 76.4 Å². The Hall–Kier alpha value is -4.66. The average molecular weight is 587 g/mol. The fourth-order valence-electron chi connectivity index (χ4n) is 5.28. The SMILES string of the molecule is COc1cc(NC(=O)C=Cc2ccc(N=C(N)N)cc2)ccc1OCCCCC1(C)CCc2c(C)c(O)c(C)c(C)c2O1. The first-order valence-corrected chi connectivity index (χ1v) is 14.5. The second-order valence-corrected chi connectivity index (χ2v) is 11.2. The van der Waals surface area contributed by atoms with Crippen molar-refractivity contribution in [2.45, 2.75) is 65.4 Å². The molecule has 6 N–H and O–H groups in total. The minimum Gasteiger partial charge on any atom is -0.507 e. The molecule has 9 heteroatoms. The molecular formula is C34H42N4O5. The van der Waals surface area contributed by atoms with Crippen LogP contribution in [0.2, 0.25) is 0 Å². The van der Waals surface area contributed by atoms with Crippen LogP contribution >= 0.6 is 0 Å². The maximum atomic E-state index is 12.5. The van der Waals surface area contributed by atoms with Crippen LogP contribution in [0.4, 0.5) is 11.4 Å². The lowest BCUT2D eigenvalue weighted by molar-refractivity contribution is -0.111. The highest BCUT2D eigenvalue weighted by Gasteiger charge is 2.34. The van der Waals surface area contributed by atoms with Crippen molar-refractivity contribution >= 4 is 29.3 Å². The lowest BCUT2D eigenvalue weighted by Crippen LogP contribution is -2.37. The van der Waals surface area contributed by atoms with Gasteiger partial charge in [-0.1, -0.05) is 12.1 Å². The number of phenols is 1. The van der Waals surface area contributed by atoms with Crippen LogP contribution in [0.3, 0.4) is 0 Å². The van der Waals surface area contributed by atoms with Gasteiger partial charge in [0, 0.05) is 23.4 Å². The molecule has 228 valence electrons. The molecule has 0 saturated heterocycles. The number of amides is 1. The first kappa shape index (κ1) is 31.3. The van der Waals surface area contributed by atoms with Gasteiger partial charge in [0.15, 0.2) is 17.5 Å². The van der Waals surface area contributed by atoms with E-state index in [-0.39, 0.29) is 17.5 Å². The van der Waals surface area contributed by atoms with Gasteiger partial charge in [0.25, 0.3) is 0 Å². The highest BCUT2D eigenvalue weighted by Crippen LogP contribution is 2.44. The van der Waals surface area contributed by atoms with E-state index in [1.807, 2.05) is 32.9 Å². The second-order valence-electron chi connectivity index (χ2n) is 11.2. The Kier molecular flexibility index (Phi) is 9.85. The zero-order valence-corrected chi connectivity index (χ0v) is 25.6. The first-order chi connectivity index (χ1) is 20.5. The molecule has 0 saturated carbocycles. The molecule has 1 aliphatic heterocycles. The number of rotatable bonds is 11. The third-order valence-corrected chi connectivity index (χ3v) is 7.96. The topological polar surface area (TPSA) is 141 Å². The van der Waals surface area contributed by atoms with E-state index < -0.39 is 0 Å². The number of nitrogens with two attached hydrogens (primary N) is 2. The molecule has 4 rings (SSSR count). The van der Waals surface area contributed by atoms with Crippen LogP contribution < -0.4 is 31.0 Å². The highest BCUT2D eigenvalue weighted by molar-refractivity contribution is 6.02. The maximum absolute atomic E-state index is 12.5. The molecule has 0 spiro atoms. The van der Waals surface area contributed by atoms with Gasteiger partial charge in [-0.3, -0.25) is 4.79 Å². The molecule has 1 aliphatic rings. The van der Waals surface area contributed by atoms with Crippen LogP contribution in [0.25, 0.3) is 6.08 Å². The van der Waals surface area contributed by atoms with E-state index in [0.29, 0.717) is 35.2 Å². The van der Waals surface area contributed by atoms with E-state index in [4.69, 9.17) is 25.7 Å². The van der Waals surface area contributed by atoms with Crippen LogP contribution in [0.15, 0.2) is 53.5 Å². The summed E-state index contributed by atoms with van der Waals surface area (Å²) in [6.45, 7) is 8.63.